The number of aromatic nitrogens is 2. The Morgan fingerprint density at radius 3 is 2.95 bits per heavy atom. The van der Waals surface area contributed by atoms with Gasteiger partial charge in [-0.15, -0.1) is 11.3 Å². The van der Waals surface area contributed by atoms with E-state index >= 15 is 0 Å². The fraction of sp³-hybridized carbons (Fsp3) is 0.308. The third-order valence-corrected chi connectivity index (χ3v) is 5.24. The van der Waals surface area contributed by atoms with Gasteiger partial charge in [0.15, 0.2) is 0 Å². The number of hydrogen-bond donors (Lipinski definition) is 2. The van der Waals surface area contributed by atoms with Crippen LogP contribution in [0.1, 0.15) is 22.1 Å². The van der Waals surface area contributed by atoms with Crippen LogP contribution in [0, 0.1) is 11.3 Å². The Morgan fingerprint density at radius 2 is 2.33 bits per heavy atom. The lowest BCUT2D eigenvalue weighted by molar-refractivity contribution is 0.260. The Morgan fingerprint density at radius 1 is 1.52 bits per heavy atom. The van der Waals surface area contributed by atoms with E-state index in [2.05, 4.69) is 16.0 Å². The zero-order valence-corrected chi connectivity index (χ0v) is 13.3. The smallest absolute Gasteiger partial charge is 0.114 e. The van der Waals surface area contributed by atoms with Crippen molar-refractivity contribution in [2.24, 2.45) is 5.73 Å². The first-order chi connectivity index (χ1) is 10.1. The van der Waals surface area contributed by atoms with Gasteiger partial charge in [0.05, 0.1) is 22.7 Å². The average Bonchev–Trinajstić information content (AvgIpc) is 3.02. The van der Waals surface area contributed by atoms with E-state index < -0.39 is 0 Å². The molecule has 8 heteroatoms. The maximum atomic E-state index is 9.18. The molecule has 0 bridgehead atoms. The van der Waals surface area contributed by atoms with Crippen molar-refractivity contribution in [2.45, 2.75) is 22.7 Å². The molecule has 2 aromatic rings. The highest BCUT2D eigenvalue weighted by molar-refractivity contribution is 7.99. The molecule has 2 atom stereocenters. The summed E-state index contributed by atoms with van der Waals surface area (Å²) in [6.45, 7) is -0.0883. The third kappa shape index (κ3) is 4.40. The molecular weight excluding hydrogens is 328 g/mol. The highest BCUT2D eigenvalue weighted by atomic mass is 35.5. The molecule has 2 heterocycles. The largest absolute Gasteiger partial charge is 0.395 e. The molecule has 5 nitrogen and oxygen atoms in total. The first kappa shape index (κ1) is 16.2. The van der Waals surface area contributed by atoms with Crippen LogP contribution in [0.5, 0.6) is 0 Å². The summed E-state index contributed by atoms with van der Waals surface area (Å²) in [6.07, 6.45) is 3.85. The van der Waals surface area contributed by atoms with Crippen molar-refractivity contribution in [1.82, 2.24) is 9.97 Å². The second-order valence-corrected chi connectivity index (χ2v) is 6.85. The Balaban J connectivity index is 2.25. The van der Waals surface area contributed by atoms with Gasteiger partial charge in [-0.2, -0.15) is 5.26 Å². The number of aliphatic hydroxyl groups excluding tert-OH is 1. The van der Waals surface area contributed by atoms with E-state index in [9.17, 15) is 5.26 Å². The summed E-state index contributed by atoms with van der Waals surface area (Å²) in [6, 6.07) is 3.35. The molecule has 2 aromatic heterocycles. The van der Waals surface area contributed by atoms with Crippen LogP contribution in [0.3, 0.4) is 0 Å². The molecule has 0 aliphatic rings. The van der Waals surface area contributed by atoms with Gasteiger partial charge in [-0.25, -0.2) is 4.98 Å². The van der Waals surface area contributed by atoms with Crippen LogP contribution in [0.4, 0.5) is 0 Å². The highest BCUT2D eigenvalue weighted by Crippen LogP contribution is 2.40. The minimum atomic E-state index is -0.331. The Hall–Kier alpha value is -1.17. The number of pyridine rings is 1. The summed E-state index contributed by atoms with van der Waals surface area (Å²) in [5.41, 5.74) is 8.02. The van der Waals surface area contributed by atoms with Gasteiger partial charge >= 0.3 is 0 Å². The molecule has 0 radical (unpaired) electrons. The van der Waals surface area contributed by atoms with Crippen LogP contribution in [0.25, 0.3) is 0 Å². The monoisotopic (exact) mass is 340 g/mol. The molecular formula is C13H13ClN4OS2. The molecule has 21 heavy (non-hydrogen) atoms. The molecule has 0 fully saturated rings. The fourth-order valence-corrected chi connectivity index (χ4v) is 3.91. The number of halogens is 1. The second kappa shape index (κ2) is 7.73. The molecule has 0 amide bonds. The number of nitriles is 1. The molecule has 0 aromatic carbocycles. The molecule has 0 spiro atoms. The standard InChI is InChI=1S/C13H13ClN4OS2/c14-9-1-8(3-15)13(18-4-9)21-11(2-10(16)6-19)12-5-17-7-20-12/h1,4-5,7,10-11,19H,2,6,16H2/t10-,11+/m0/s1. The van der Waals surface area contributed by atoms with Crippen molar-refractivity contribution >= 4 is 34.7 Å². The van der Waals surface area contributed by atoms with Crippen molar-refractivity contribution in [1.29, 1.82) is 5.26 Å². The number of nitrogens with two attached hydrogens (primary N) is 1. The minimum Gasteiger partial charge on any atom is -0.395 e. The molecule has 0 aliphatic heterocycles. The first-order valence-corrected chi connectivity index (χ1v) is 8.25. The van der Waals surface area contributed by atoms with Crippen molar-refractivity contribution in [3.05, 3.63) is 39.4 Å². The summed E-state index contributed by atoms with van der Waals surface area (Å²) in [5, 5.41) is 19.3. The summed E-state index contributed by atoms with van der Waals surface area (Å²) < 4.78 is 0. The molecule has 0 unspecified atom stereocenters. The quantitative estimate of drug-likeness (QED) is 0.785. The fourth-order valence-electron chi connectivity index (χ4n) is 1.69. The predicted molar refractivity (Wildman–Crippen MR) is 84.4 cm³/mol. The van der Waals surface area contributed by atoms with Gasteiger partial charge in [0, 0.05) is 28.6 Å². The zero-order chi connectivity index (χ0) is 15.2. The summed E-state index contributed by atoms with van der Waals surface area (Å²) >= 11 is 8.81. The summed E-state index contributed by atoms with van der Waals surface area (Å²) in [5.74, 6) is 0. The number of hydrogen-bond acceptors (Lipinski definition) is 7. The van der Waals surface area contributed by atoms with E-state index in [0.29, 0.717) is 22.0 Å². The van der Waals surface area contributed by atoms with Crippen molar-refractivity contribution in [3.63, 3.8) is 0 Å². The van der Waals surface area contributed by atoms with Gasteiger partial charge < -0.3 is 10.8 Å². The normalized spacial score (nSPS) is 13.6. The lowest BCUT2D eigenvalue weighted by Gasteiger charge is -2.18. The summed E-state index contributed by atoms with van der Waals surface area (Å²) in [7, 11) is 0. The van der Waals surface area contributed by atoms with Crippen LogP contribution >= 0.6 is 34.7 Å². The van der Waals surface area contributed by atoms with Gasteiger partial charge in [0.1, 0.15) is 11.1 Å². The molecule has 0 aliphatic carbocycles. The number of thiazole rings is 1. The molecule has 0 saturated heterocycles. The predicted octanol–water partition coefficient (Wildman–Crippen LogP) is 2.61. The third-order valence-electron chi connectivity index (χ3n) is 2.71. The van der Waals surface area contributed by atoms with Crippen molar-refractivity contribution < 1.29 is 5.11 Å². The van der Waals surface area contributed by atoms with Crippen LogP contribution in [0.15, 0.2) is 29.0 Å². The van der Waals surface area contributed by atoms with E-state index in [0.717, 1.165) is 4.88 Å². The average molecular weight is 341 g/mol. The van der Waals surface area contributed by atoms with Crippen molar-refractivity contribution in [3.8, 4) is 6.07 Å². The van der Waals surface area contributed by atoms with Crippen molar-refractivity contribution in [2.75, 3.05) is 6.61 Å². The number of rotatable bonds is 6. The molecule has 2 rings (SSSR count). The van der Waals surface area contributed by atoms with Crippen LogP contribution in [0.2, 0.25) is 5.02 Å². The Labute approximate surface area is 135 Å². The molecule has 3 N–H and O–H groups in total. The van der Waals surface area contributed by atoms with E-state index in [1.54, 1.807) is 17.8 Å². The van der Waals surface area contributed by atoms with Crippen LogP contribution in [-0.2, 0) is 0 Å². The minimum absolute atomic E-state index is 0.0135. The maximum absolute atomic E-state index is 9.18. The van der Waals surface area contributed by atoms with Crippen LogP contribution < -0.4 is 5.73 Å². The number of thioether (sulfide) groups is 1. The van der Waals surface area contributed by atoms with Gasteiger partial charge in [0.25, 0.3) is 0 Å². The number of aliphatic hydroxyl groups is 1. The molecule has 0 saturated carbocycles. The lowest BCUT2D eigenvalue weighted by Crippen LogP contribution is -2.25. The van der Waals surface area contributed by atoms with Gasteiger partial charge in [0.2, 0.25) is 0 Å². The van der Waals surface area contributed by atoms with E-state index in [1.807, 2.05) is 0 Å². The highest BCUT2D eigenvalue weighted by Gasteiger charge is 2.20. The SMILES string of the molecule is N#Cc1cc(Cl)cnc1S[C@H](C[C@H](N)CO)c1cncs1. The van der Waals surface area contributed by atoms with Gasteiger partial charge in [-0.1, -0.05) is 23.4 Å². The Kier molecular flexibility index (Phi) is 5.96. The van der Waals surface area contributed by atoms with E-state index in [1.165, 1.54) is 29.3 Å². The molecule has 110 valence electrons. The lowest BCUT2D eigenvalue weighted by atomic mass is 10.1. The van der Waals surface area contributed by atoms with Gasteiger partial charge in [-0.05, 0) is 12.5 Å². The second-order valence-electron chi connectivity index (χ2n) is 4.31. The summed E-state index contributed by atoms with van der Waals surface area (Å²) in [4.78, 5) is 9.32. The number of nitrogens with zero attached hydrogens (tertiary/aromatic N) is 3. The van der Waals surface area contributed by atoms with Crippen LogP contribution in [-0.4, -0.2) is 27.7 Å². The van der Waals surface area contributed by atoms with E-state index in [-0.39, 0.29) is 17.9 Å². The van der Waals surface area contributed by atoms with Gasteiger partial charge in [-0.3, -0.25) is 4.98 Å². The maximum Gasteiger partial charge on any atom is 0.114 e. The van der Waals surface area contributed by atoms with E-state index in [4.69, 9.17) is 22.4 Å². The Bertz CT molecular complexity index is 630. The topological polar surface area (TPSA) is 95.8 Å². The first-order valence-electron chi connectivity index (χ1n) is 6.11. The zero-order valence-electron chi connectivity index (χ0n) is 10.9.